The molecular formula is C19H15ClN2O3. The maximum Gasteiger partial charge on any atom is 0.405 e. The van der Waals surface area contributed by atoms with Gasteiger partial charge in [0.1, 0.15) is 0 Å². The van der Waals surface area contributed by atoms with Crippen LogP contribution in [0.5, 0.6) is 0 Å². The lowest BCUT2D eigenvalue weighted by atomic mass is 9.96. The molecule has 6 heteroatoms. The Morgan fingerprint density at radius 3 is 2.68 bits per heavy atom. The third-order valence-corrected chi connectivity index (χ3v) is 4.32. The van der Waals surface area contributed by atoms with E-state index >= 15 is 0 Å². The second kappa shape index (κ2) is 6.91. The number of pyridine rings is 1. The monoisotopic (exact) mass is 354 g/mol. The molecule has 0 aliphatic rings. The molecule has 0 saturated heterocycles. The normalized spacial score (nSPS) is 11.9. The first-order chi connectivity index (χ1) is 12.0. The summed E-state index contributed by atoms with van der Waals surface area (Å²) in [7, 11) is 0. The van der Waals surface area contributed by atoms with Gasteiger partial charge in [-0.1, -0.05) is 35.9 Å². The number of nitrogens with one attached hydrogen (secondary N) is 1. The summed E-state index contributed by atoms with van der Waals surface area (Å²) in [6, 6.07) is 11.8. The molecule has 0 saturated carbocycles. The van der Waals surface area contributed by atoms with Crippen molar-refractivity contribution < 1.29 is 14.7 Å². The van der Waals surface area contributed by atoms with Crippen molar-refractivity contribution in [1.29, 1.82) is 0 Å². The van der Waals surface area contributed by atoms with Crippen molar-refractivity contribution in [3.8, 4) is 0 Å². The Morgan fingerprint density at radius 2 is 1.96 bits per heavy atom. The van der Waals surface area contributed by atoms with Crippen LogP contribution < -0.4 is 5.32 Å². The first-order valence-electron chi connectivity index (χ1n) is 7.63. The fourth-order valence-corrected chi connectivity index (χ4v) is 2.99. The summed E-state index contributed by atoms with van der Waals surface area (Å²) in [6.45, 7) is 1.71. The minimum absolute atomic E-state index is 0.188. The van der Waals surface area contributed by atoms with Crippen molar-refractivity contribution in [2.45, 2.75) is 13.0 Å². The summed E-state index contributed by atoms with van der Waals surface area (Å²) in [5, 5.41) is 13.1. The Labute approximate surface area is 149 Å². The Hall–Kier alpha value is -2.92. The zero-order chi connectivity index (χ0) is 18.0. The number of benzene rings is 2. The number of hydrogen-bond acceptors (Lipinski definition) is 3. The number of nitrogens with zero attached hydrogens (tertiary/aromatic N) is 1. The number of halogens is 1. The SMILES string of the molecule is CC(NC(=O)O)c1ccc(C(=O)c2cccc3cnccc23)c(Cl)c1. The van der Waals surface area contributed by atoms with Crippen molar-refractivity contribution in [2.24, 2.45) is 0 Å². The highest BCUT2D eigenvalue weighted by Crippen LogP contribution is 2.27. The molecule has 0 spiro atoms. The Kier molecular flexibility index (Phi) is 4.67. The van der Waals surface area contributed by atoms with E-state index in [-0.39, 0.29) is 10.8 Å². The van der Waals surface area contributed by atoms with Gasteiger partial charge in [0.15, 0.2) is 5.78 Å². The number of fused-ring (bicyclic) bond motifs is 1. The predicted octanol–water partition coefficient (Wildman–Crippen LogP) is 4.45. The highest BCUT2D eigenvalue weighted by Gasteiger charge is 2.17. The summed E-state index contributed by atoms with van der Waals surface area (Å²) in [5.41, 5.74) is 1.61. The molecule has 1 heterocycles. The lowest BCUT2D eigenvalue weighted by Crippen LogP contribution is -2.24. The predicted molar refractivity (Wildman–Crippen MR) is 96.2 cm³/mol. The van der Waals surface area contributed by atoms with Crippen LogP contribution in [0.25, 0.3) is 10.8 Å². The van der Waals surface area contributed by atoms with Gasteiger partial charge in [0, 0.05) is 28.9 Å². The quantitative estimate of drug-likeness (QED) is 0.678. The van der Waals surface area contributed by atoms with Crippen molar-refractivity contribution in [3.63, 3.8) is 0 Å². The average molecular weight is 355 g/mol. The van der Waals surface area contributed by atoms with Crippen molar-refractivity contribution in [2.75, 3.05) is 0 Å². The van der Waals surface area contributed by atoms with E-state index < -0.39 is 12.1 Å². The molecule has 3 aromatic rings. The van der Waals surface area contributed by atoms with E-state index in [2.05, 4.69) is 10.3 Å². The molecule has 0 bridgehead atoms. The first kappa shape index (κ1) is 16.9. The summed E-state index contributed by atoms with van der Waals surface area (Å²) in [4.78, 5) is 27.7. The Balaban J connectivity index is 1.98. The smallest absolute Gasteiger partial charge is 0.405 e. The molecular weight excluding hydrogens is 340 g/mol. The van der Waals surface area contributed by atoms with Gasteiger partial charge < -0.3 is 10.4 Å². The molecule has 5 nitrogen and oxygen atoms in total. The number of rotatable bonds is 4. The standard InChI is InChI=1S/C19H15ClN2O3/c1-11(22-19(24)25)12-5-6-16(17(20)9-12)18(23)15-4-2-3-13-10-21-8-7-14(13)15/h2-11,22H,1H3,(H,24,25). The van der Waals surface area contributed by atoms with Crippen LogP contribution in [0.2, 0.25) is 5.02 Å². The van der Waals surface area contributed by atoms with E-state index in [9.17, 15) is 9.59 Å². The number of carbonyl (C=O) groups excluding carboxylic acids is 1. The third-order valence-electron chi connectivity index (χ3n) is 4.00. The van der Waals surface area contributed by atoms with Gasteiger partial charge in [-0.25, -0.2) is 4.79 Å². The van der Waals surface area contributed by atoms with E-state index in [4.69, 9.17) is 16.7 Å². The van der Waals surface area contributed by atoms with Crippen LogP contribution in [0.3, 0.4) is 0 Å². The maximum absolute atomic E-state index is 12.9. The van der Waals surface area contributed by atoms with Crippen molar-refractivity contribution in [1.82, 2.24) is 10.3 Å². The topological polar surface area (TPSA) is 79.3 Å². The van der Waals surface area contributed by atoms with E-state index in [0.29, 0.717) is 16.7 Å². The van der Waals surface area contributed by atoms with Crippen LogP contribution in [0, 0.1) is 0 Å². The minimum atomic E-state index is -1.12. The Bertz CT molecular complexity index is 967. The van der Waals surface area contributed by atoms with E-state index in [1.54, 1.807) is 55.7 Å². The molecule has 0 aliphatic carbocycles. The van der Waals surface area contributed by atoms with Crippen LogP contribution in [-0.2, 0) is 0 Å². The van der Waals surface area contributed by atoms with Crippen LogP contribution in [-0.4, -0.2) is 22.0 Å². The molecule has 3 rings (SSSR count). The third kappa shape index (κ3) is 3.46. The number of carboxylic acid groups (broad SMARTS) is 1. The van der Waals surface area contributed by atoms with E-state index in [1.807, 2.05) is 6.07 Å². The van der Waals surface area contributed by atoms with Crippen LogP contribution in [0.1, 0.15) is 34.5 Å². The molecule has 0 fully saturated rings. The average Bonchev–Trinajstić information content (AvgIpc) is 2.60. The number of hydrogen-bond donors (Lipinski definition) is 2. The summed E-state index contributed by atoms with van der Waals surface area (Å²) in [5.74, 6) is -0.188. The number of ketones is 1. The molecule has 0 aliphatic heterocycles. The van der Waals surface area contributed by atoms with Gasteiger partial charge in [-0.05, 0) is 36.1 Å². The Morgan fingerprint density at radius 1 is 1.16 bits per heavy atom. The molecule has 2 aromatic carbocycles. The van der Waals surface area contributed by atoms with Gasteiger partial charge in [-0.3, -0.25) is 9.78 Å². The number of aromatic nitrogens is 1. The molecule has 25 heavy (non-hydrogen) atoms. The highest BCUT2D eigenvalue weighted by atomic mass is 35.5. The first-order valence-corrected chi connectivity index (χ1v) is 8.01. The molecule has 1 unspecified atom stereocenters. The summed E-state index contributed by atoms with van der Waals surface area (Å²) < 4.78 is 0. The fraction of sp³-hybridized carbons (Fsp3) is 0.105. The molecule has 1 atom stereocenters. The van der Waals surface area contributed by atoms with Gasteiger partial charge in [0.05, 0.1) is 11.1 Å². The molecule has 2 N–H and O–H groups in total. The second-order valence-electron chi connectivity index (χ2n) is 5.64. The molecule has 126 valence electrons. The van der Waals surface area contributed by atoms with Gasteiger partial charge in [0.2, 0.25) is 0 Å². The summed E-state index contributed by atoms with van der Waals surface area (Å²) >= 11 is 6.30. The minimum Gasteiger partial charge on any atom is -0.465 e. The fourth-order valence-electron chi connectivity index (χ4n) is 2.72. The number of carbonyl (C=O) groups is 2. The van der Waals surface area contributed by atoms with Gasteiger partial charge in [-0.2, -0.15) is 0 Å². The zero-order valence-electron chi connectivity index (χ0n) is 13.4. The lowest BCUT2D eigenvalue weighted by Gasteiger charge is -2.14. The second-order valence-corrected chi connectivity index (χ2v) is 6.05. The lowest BCUT2D eigenvalue weighted by molar-refractivity contribution is 0.104. The van der Waals surface area contributed by atoms with Gasteiger partial charge in [-0.15, -0.1) is 0 Å². The van der Waals surface area contributed by atoms with Crippen molar-refractivity contribution in [3.05, 3.63) is 76.6 Å². The molecule has 1 amide bonds. The number of amides is 1. The van der Waals surface area contributed by atoms with Crippen LogP contribution >= 0.6 is 11.6 Å². The molecule has 1 aromatic heterocycles. The van der Waals surface area contributed by atoms with Crippen LogP contribution in [0.4, 0.5) is 4.79 Å². The van der Waals surface area contributed by atoms with E-state index in [0.717, 1.165) is 10.8 Å². The summed E-state index contributed by atoms with van der Waals surface area (Å²) in [6.07, 6.45) is 2.23. The largest absolute Gasteiger partial charge is 0.465 e. The molecule has 0 radical (unpaired) electrons. The van der Waals surface area contributed by atoms with Gasteiger partial charge in [0.25, 0.3) is 0 Å². The van der Waals surface area contributed by atoms with Crippen molar-refractivity contribution >= 4 is 34.2 Å². The zero-order valence-corrected chi connectivity index (χ0v) is 14.1. The van der Waals surface area contributed by atoms with Gasteiger partial charge >= 0.3 is 6.09 Å². The van der Waals surface area contributed by atoms with Crippen LogP contribution in [0.15, 0.2) is 54.9 Å². The highest BCUT2D eigenvalue weighted by molar-refractivity contribution is 6.35. The maximum atomic E-state index is 12.9. The van der Waals surface area contributed by atoms with E-state index in [1.165, 1.54) is 0 Å².